The zero-order chi connectivity index (χ0) is 21.0. The number of aromatic amines is 2. The lowest BCUT2D eigenvalue weighted by Crippen LogP contribution is -2.45. The maximum Gasteiger partial charge on any atom is 0.261 e. The van der Waals surface area contributed by atoms with Gasteiger partial charge in [-0.2, -0.15) is 0 Å². The molecule has 3 heterocycles. The van der Waals surface area contributed by atoms with Crippen LogP contribution in [0.25, 0.3) is 33.3 Å². The van der Waals surface area contributed by atoms with Crippen LogP contribution in [-0.2, 0) is 4.74 Å². The van der Waals surface area contributed by atoms with Crippen LogP contribution in [-0.4, -0.2) is 40.2 Å². The monoisotopic (exact) mass is 407 g/mol. The molecule has 2 aromatic carbocycles. The van der Waals surface area contributed by atoms with E-state index < -0.39 is 0 Å². The Morgan fingerprint density at radius 2 is 1.87 bits per heavy atom. The molecule has 0 aliphatic carbocycles. The van der Waals surface area contributed by atoms with Crippen LogP contribution in [0.3, 0.4) is 0 Å². The second kappa shape index (κ2) is 6.84. The van der Waals surface area contributed by atoms with Crippen molar-refractivity contribution in [1.29, 1.82) is 0 Å². The highest BCUT2D eigenvalue weighted by atomic mass is 19.1. The second-order valence-corrected chi connectivity index (χ2v) is 7.86. The van der Waals surface area contributed by atoms with Crippen LogP contribution in [0.4, 0.5) is 15.8 Å². The molecule has 0 amide bonds. The van der Waals surface area contributed by atoms with E-state index in [1.54, 1.807) is 12.1 Å². The SMILES string of the molecule is C[C@@H]1CN(c2cc3nc(-c4c(N)c5ccccc5[nH]c4=O)[nH]c3cc2F)C[C@H](C)O1. The topological polar surface area (TPSA) is 100 Å². The molecule has 1 fully saturated rings. The molecule has 1 aliphatic rings. The quantitative estimate of drug-likeness (QED) is 0.473. The summed E-state index contributed by atoms with van der Waals surface area (Å²) in [5.74, 6) is -0.0332. The smallest absolute Gasteiger partial charge is 0.261 e. The number of nitrogens with one attached hydrogen (secondary N) is 2. The average molecular weight is 407 g/mol. The lowest BCUT2D eigenvalue weighted by atomic mass is 10.1. The largest absolute Gasteiger partial charge is 0.397 e. The van der Waals surface area contributed by atoms with Gasteiger partial charge >= 0.3 is 0 Å². The predicted octanol–water partition coefficient (Wildman–Crippen LogP) is 3.41. The number of rotatable bonds is 2. The fraction of sp³-hybridized carbons (Fsp3) is 0.273. The summed E-state index contributed by atoms with van der Waals surface area (Å²) in [6.07, 6.45) is 0.0177. The van der Waals surface area contributed by atoms with Gasteiger partial charge in [-0.05, 0) is 26.0 Å². The van der Waals surface area contributed by atoms with Gasteiger partial charge < -0.3 is 25.3 Å². The highest BCUT2D eigenvalue weighted by Gasteiger charge is 2.25. The van der Waals surface area contributed by atoms with Crippen molar-refractivity contribution in [3.63, 3.8) is 0 Å². The molecular weight excluding hydrogens is 385 g/mol. The molecule has 0 saturated carbocycles. The number of hydrogen-bond donors (Lipinski definition) is 3. The van der Waals surface area contributed by atoms with Gasteiger partial charge in [0.25, 0.3) is 5.56 Å². The van der Waals surface area contributed by atoms with Crippen LogP contribution in [0.15, 0.2) is 41.2 Å². The number of aromatic nitrogens is 3. The first-order valence-corrected chi connectivity index (χ1v) is 9.91. The summed E-state index contributed by atoms with van der Waals surface area (Å²) in [6, 6.07) is 10.4. The normalized spacial score (nSPS) is 19.6. The average Bonchev–Trinajstić information content (AvgIpc) is 3.08. The van der Waals surface area contributed by atoms with Crippen molar-refractivity contribution >= 4 is 33.3 Å². The molecule has 8 heteroatoms. The maximum atomic E-state index is 14.9. The number of imidazole rings is 1. The lowest BCUT2D eigenvalue weighted by Gasteiger charge is -2.36. The molecule has 2 aromatic heterocycles. The summed E-state index contributed by atoms with van der Waals surface area (Å²) in [6.45, 7) is 5.14. The van der Waals surface area contributed by atoms with Crippen LogP contribution in [0.5, 0.6) is 0 Å². The van der Waals surface area contributed by atoms with Crippen LogP contribution in [0, 0.1) is 5.82 Å². The molecule has 0 radical (unpaired) electrons. The Bertz CT molecular complexity index is 1320. The summed E-state index contributed by atoms with van der Waals surface area (Å²) in [4.78, 5) is 25.1. The number of H-pyrrole nitrogens is 2. The van der Waals surface area contributed by atoms with E-state index in [2.05, 4.69) is 15.0 Å². The molecular formula is C22H22FN5O2. The molecule has 4 N–H and O–H groups in total. The standard InChI is InChI=1S/C22H22FN5O2/c1-11-9-28(10-12(2)30-11)18-8-17-16(7-14(18)23)25-21(26-17)19-20(24)13-5-3-4-6-15(13)27-22(19)29/h3-8,11-12H,9-10H2,1-2H3,(H,25,26)(H3,24,27,29)/t11-,12+. The number of morpholine rings is 1. The van der Waals surface area contributed by atoms with Crippen molar-refractivity contribution in [2.45, 2.75) is 26.1 Å². The Balaban J connectivity index is 1.63. The van der Waals surface area contributed by atoms with Crippen molar-refractivity contribution < 1.29 is 9.13 Å². The summed E-state index contributed by atoms with van der Waals surface area (Å²) in [5, 5.41) is 0.732. The third-order valence-corrected chi connectivity index (χ3v) is 5.51. The number of nitrogens with zero attached hydrogens (tertiary/aromatic N) is 2. The molecule has 1 aliphatic heterocycles. The molecule has 0 bridgehead atoms. The Labute approximate surface area is 171 Å². The Morgan fingerprint density at radius 3 is 2.63 bits per heavy atom. The molecule has 4 aromatic rings. The van der Waals surface area contributed by atoms with Crippen molar-refractivity contribution in [1.82, 2.24) is 15.0 Å². The Kier molecular flexibility index (Phi) is 4.25. The van der Waals surface area contributed by atoms with Gasteiger partial charge in [-0.15, -0.1) is 0 Å². The van der Waals surface area contributed by atoms with Crippen molar-refractivity contribution in [3.05, 3.63) is 52.6 Å². The van der Waals surface area contributed by atoms with Crippen molar-refractivity contribution in [3.8, 4) is 11.4 Å². The molecule has 30 heavy (non-hydrogen) atoms. The fourth-order valence-corrected chi connectivity index (χ4v) is 4.26. The zero-order valence-electron chi connectivity index (χ0n) is 16.7. The third-order valence-electron chi connectivity index (χ3n) is 5.51. The van der Waals surface area contributed by atoms with E-state index >= 15 is 0 Å². The number of anilines is 2. The van der Waals surface area contributed by atoms with Crippen LogP contribution in [0.2, 0.25) is 0 Å². The van der Waals surface area contributed by atoms with E-state index in [0.29, 0.717) is 46.8 Å². The van der Waals surface area contributed by atoms with Gasteiger partial charge in [0, 0.05) is 24.5 Å². The van der Waals surface area contributed by atoms with E-state index in [1.165, 1.54) is 6.07 Å². The molecule has 154 valence electrons. The van der Waals surface area contributed by atoms with Crippen LogP contribution < -0.4 is 16.2 Å². The summed E-state index contributed by atoms with van der Waals surface area (Å²) in [7, 11) is 0. The summed E-state index contributed by atoms with van der Waals surface area (Å²) < 4.78 is 20.7. The van der Waals surface area contributed by atoms with E-state index in [-0.39, 0.29) is 29.1 Å². The number of pyridine rings is 1. The number of fused-ring (bicyclic) bond motifs is 2. The number of nitrogen functional groups attached to an aromatic ring is 1. The number of ether oxygens (including phenoxy) is 1. The van der Waals surface area contributed by atoms with Gasteiger partial charge in [0.05, 0.1) is 40.1 Å². The predicted molar refractivity (Wildman–Crippen MR) is 116 cm³/mol. The van der Waals surface area contributed by atoms with Crippen molar-refractivity contribution in [2.24, 2.45) is 0 Å². The van der Waals surface area contributed by atoms with Gasteiger partial charge in [-0.1, -0.05) is 18.2 Å². The second-order valence-electron chi connectivity index (χ2n) is 7.86. The molecule has 0 unspecified atom stereocenters. The van der Waals surface area contributed by atoms with E-state index in [4.69, 9.17) is 10.5 Å². The molecule has 1 saturated heterocycles. The maximum absolute atomic E-state index is 14.9. The first-order chi connectivity index (χ1) is 14.4. The van der Waals surface area contributed by atoms with Crippen LogP contribution >= 0.6 is 0 Å². The molecule has 5 rings (SSSR count). The highest BCUT2D eigenvalue weighted by molar-refractivity contribution is 5.97. The minimum Gasteiger partial charge on any atom is -0.397 e. The fourth-order valence-electron chi connectivity index (χ4n) is 4.26. The first kappa shape index (κ1) is 18.6. The highest BCUT2D eigenvalue weighted by Crippen LogP contribution is 2.31. The van der Waals surface area contributed by atoms with Gasteiger partial charge in [-0.3, -0.25) is 4.79 Å². The molecule has 7 nitrogen and oxygen atoms in total. The van der Waals surface area contributed by atoms with Crippen LogP contribution in [0.1, 0.15) is 13.8 Å². The Morgan fingerprint density at radius 1 is 1.13 bits per heavy atom. The summed E-state index contributed by atoms with van der Waals surface area (Å²) in [5.41, 5.74) is 8.76. The lowest BCUT2D eigenvalue weighted by molar-refractivity contribution is -0.00538. The van der Waals surface area contributed by atoms with Gasteiger partial charge in [-0.25, -0.2) is 9.37 Å². The number of para-hydroxylation sites is 1. The number of halogens is 1. The first-order valence-electron chi connectivity index (χ1n) is 9.91. The number of benzene rings is 2. The van der Waals surface area contributed by atoms with Gasteiger partial charge in [0.15, 0.2) is 0 Å². The molecule has 0 spiro atoms. The van der Waals surface area contributed by atoms with E-state index in [1.807, 2.05) is 36.9 Å². The number of hydrogen-bond acceptors (Lipinski definition) is 5. The van der Waals surface area contributed by atoms with Crippen molar-refractivity contribution in [2.75, 3.05) is 23.7 Å². The number of nitrogens with two attached hydrogens (primary N) is 1. The van der Waals surface area contributed by atoms with Gasteiger partial charge in [0.2, 0.25) is 0 Å². The third kappa shape index (κ3) is 3.00. The zero-order valence-corrected chi connectivity index (χ0v) is 16.7. The Hall–Kier alpha value is -3.39. The minimum atomic E-state index is -0.348. The van der Waals surface area contributed by atoms with E-state index in [0.717, 1.165) is 5.39 Å². The van der Waals surface area contributed by atoms with Gasteiger partial charge in [0.1, 0.15) is 17.2 Å². The minimum absolute atomic E-state index is 0.00884. The van der Waals surface area contributed by atoms with E-state index in [9.17, 15) is 9.18 Å². The molecule has 2 atom stereocenters. The summed E-state index contributed by atoms with van der Waals surface area (Å²) >= 11 is 0.